The summed E-state index contributed by atoms with van der Waals surface area (Å²) >= 11 is 6.15. The molecule has 0 aliphatic carbocycles. The van der Waals surface area contributed by atoms with E-state index in [9.17, 15) is 9.59 Å². The third-order valence-corrected chi connectivity index (χ3v) is 4.52. The predicted octanol–water partition coefficient (Wildman–Crippen LogP) is 3.61. The van der Waals surface area contributed by atoms with Crippen LogP contribution in [0.15, 0.2) is 36.4 Å². The summed E-state index contributed by atoms with van der Waals surface area (Å²) in [5.41, 5.74) is 4.52. The minimum Gasteiger partial charge on any atom is -0.375 e. The van der Waals surface area contributed by atoms with E-state index in [2.05, 4.69) is 10.6 Å². The van der Waals surface area contributed by atoms with Crippen LogP contribution in [-0.2, 0) is 16.0 Å². The molecular weight excluding hydrogens is 338 g/mol. The van der Waals surface area contributed by atoms with Crippen LogP contribution in [0.4, 0.5) is 17.1 Å². The Kier molecular flexibility index (Phi) is 4.95. The molecule has 0 spiro atoms. The Morgan fingerprint density at radius 2 is 2.00 bits per heavy atom. The predicted molar refractivity (Wildman–Crippen MR) is 101 cm³/mol. The van der Waals surface area contributed by atoms with Gasteiger partial charge in [-0.25, -0.2) is 0 Å². The van der Waals surface area contributed by atoms with Crippen LogP contribution >= 0.6 is 11.6 Å². The molecule has 25 heavy (non-hydrogen) atoms. The van der Waals surface area contributed by atoms with Gasteiger partial charge in [0.15, 0.2) is 0 Å². The van der Waals surface area contributed by atoms with E-state index < -0.39 is 0 Å². The number of carbonyl (C=O) groups excluding carboxylic acids is 2. The minimum atomic E-state index is -0.155. The quantitative estimate of drug-likeness (QED) is 0.878. The van der Waals surface area contributed by atoms with Crippen LogP contribution < -0.4 is 15.5 Å². The lowest BCUT2D eigenvalue weighted by Gasteiger charge is -2.15. The topological polar surface area (TPSA) is 61.4 Å². The van der Waals surface area contributed by atoms with Crippen LogP contribution in [-0.4, -0.2) is 24.9 Å². The van der Waals surface area contributed by atoms with E-state index in [0.29, 0.717) is 11.6 Å². The molecule has 0 fully saturated rings. The summed E-state index contributed by atoms with van der Waals surface area (Å²) in [6.07, 6.45) is 0.801. The van der Waals surface area contributed by atoms with Gasteiger partial charge in [0.1, 0.15) is 0 Å². The lowest BCUT2D eigenvalue weighted by molar-refractivity contribution is -0.116. The molecule has 2 amide bonds. The zero-order chi connectivity index (χ0) is 18.0. The average molecular weight is 358 g/mol. The Labute approximate surface area is 152 Å². The molecule has 0 unspecified atom stereocenters. The number of aryl methyl sites for hydroxylation is 1. The van der Waals surface area contributed by atoms with Crippen molar-refractivity contribution in [3.63, 3.8) is 0 Å². The van der Waals surface area contributed by atoms with E-state index in [0.717, 1.165) is 34.6 Å². The van der Waals surface area contributed by atoms with Crippen molar-refractivity contribution in [2.75, 3.05) is 28.6 Å². The summed E-state index contributed by atoms with van der Waals surface area (Å²) < 4.78 is 0. The molecule has 6 heteroatoms. The number of amides is 2. The van der Waals surface area contributed by atoms with Crippen molar-refractivity contribution in [3.8, 4) is 0 Å². The highest BCUT2D eigenvalue weighted by Gasteiger charge is 2.22. The van der Waals surface area contributed by atoms with E-state index in [1.165, 1.54) is 0 Å². The molecule has 5 nitrogen and oxygen atoms in total. The van der Waals surface area contributed by atoms with Gasteiger partial charge < -0.3 is 15.5 Å². The Balaban J connectivity index is 1.61. The van der Waals surface area contributed by atoms with Crippen LogP contribution in [0, 0.1) is 6.92 Å². The molecule has 0 aromatic heterocycles. The van der Waals surface area contributed by atoms with Gasteiger partial charge >= 0.3 is 0 Å². The van der Waals surface area contributed by atoms with Gasteiger partial charge in [-0.15, -0.1) is 0 Å². The Hall–Kier alpha value is -2.53. The fourth-order valence-electron chi connectivity index (χ4n) is 2.95. The minimum absolute atomic E-state index is 0.0368. The molecule has 2 aromatic rings. The molecule has 1 aliphatic heterocycles. The van der Waals surface area contributed by atoms with Gasteiger partial charge in [-0.05, 0) is 54.8 Å². The summed E-state index contributed by atoms with van der Waals surface area (Å²) in [5.74, 6) is -0.118. The summed E-state index contributed by atoms with van der Waals surface area (Å²) in [6.45, 7) is 4.34. The van der Waals surface area contributed by atoms with Crippen molar-refractivity contribution in [1.82, 2.24) is 0 Å². The third kappa shape index (κ3) is 3.94. The maximum absolute atomic E-state index is 12.2. The van der Waals surface area contributed by atoms with Crippen LogP contribution in [0.5, 0.6) is 0 Å². The number of carbonyl (C=O) groups is 2. The SMILES string of the molecule is CC(=O)N1CCc2cc(NC(=O)CNc3ccc(C)cc3Cl)ccc21. The number of nitrogens with zero attached hydrogens (tertiary/aromatic N) is 1. The van der Waals surface area contributed by atoms with E-state index in [1.54, 1.807) is 11.8 Å². The van der Waals surface area contributed by atoms with E-state index in [4.69, 9.17) is 11.6 Å². The van der Waals surface area contributed by atoms with Crippen molar-refractivity contribution in [3.05, 3.63) is 52.5 Å². The van der Waals surface area contributed by atoms with Crippen molar-refractivity contribution in [2.45, 2.75) is 20.3 Å². The van der Waals surface area contributed by atoms with Crippen LogP contribution in [0.3, 0.4) is 0 Å². The number of fused-ring (bicyclic) bond motifs is 1. The highest BCUT2D eigenvalue weighted by molar-refractivity contribution is 6.33. The van der Waals surface area contributed by atoms with Crippen LogP contribution in [0.1, 0.15) is 18.1 Å². The molecule has 1 heterocycles. The standard InChI is InChI=1S/C19H20ClN3O2/c1-12-3-5-17(16(20)9-12)21-11-19(25)22-15-4-6-18-14(10-15)7-8-23(18)13(2)24/h3-6,9-10,21H,7-8,11H2,1-2H3,(H,22,25). The van der Waals surface area contributed by atoms with Crippen molar-refractivity contribution in [1.29, 1.82) is 0 Å². The van der Waals surface area contributed by atoms with E-state index >= 15 is 0 Å². The first-order valence-electron chi connectivity index (χ1n) is 8.15. The first-order chi connectivity index (χ1) is 11.9. The molecular formula is C19H20ClN3O2. The number of benzene rings is 2. The summed E-state index contributed by atoms with van der Waals surface area (Å²) in [6, 6.07) is 11.3. The molecule has 130 valence electrons. The van der Waals surface area contributed by atoms with Gasteiger partial charge in [0, 0.05) is 24.8 Å². The number of hydrogen-bond donors (Lipinski definition) is 2. The fraction of sp³-hybridized carbons (Fsp3) is 0.263. The normalized spacial score (nSPS) is 12.7. The van der Waals surface area contributed by atoms with Crippen LogP contribution in [0.2, 0.25) is 5.02 Å². The van der Waals surface area contributed by atoms with Gasteiger partial charge in [0.25, 0.3) is 0 Å². The molecule has 0 radical (unpaired) electrons. The van der Waals surface area contributed by atoms with E-state index in [1.807, 2.05) is 43.3 Å². The van der Waals surface area contributed by atoms with Gasteiger partial charge in [0.2, 0.25) is 11.8 Å². The highest BCUT2D eigenvalue weighted by Crippen LogP contribution is 2.30. The monoisotopic (exact) mass is 357 g/mol. The van der Waals surface area contributed by atoms with E-state index in [-0.39, 0.29) is 18.4 Å². The first-order valence-corrected chi connectivity index (χ1v) is 8.53. The Morgan fingerprint density at radius 3 is 2.72 bits per heavy atom. The zero-order valence-corrected chi connectivity index (χ0v) is 15.0. The molecule has 0 saturated heterocycles. The van der Waals surface area contributed by atoms with Gasteiger partial charge in [0.05, 0.1) is 17.3 Å². The maximum Gasteiger partial charge on any atom is 0.243 e. The summed E-state index contributed by atoms with van der Waals surface area (Å²) in [5, 5.41) is 6.50. The zero-order valence-electron chi connectivity index (χ0n) is 14.2. The van der Waals surface area contributed by atoms with Crippen LogP contribution in [0.25, 0.3) is 0 Å². The molecule has 2 aromatic carbocycles. The largest absolute Gasteiger partial charge is 0.375 e. The Bertz CT molecular complexity index is 835. The first kappa shape index (κ1) is 17.3. The number of rotatable bonds is 4. The average Bonchev–Trinajstić information content (AvgIpc) is 2.97. The molecule has 0 saturated carbocycles. The second-order valence-electron chi connectivity index (χ2n) is 6.15. The van der Waals surface area contributed by atoms with Crippen molar-refractivity contribution < 1.29 is 9.59 Å². The van der Waals surface area contributed by atoms with Crippen molar-refractivity contribution >= 4 is 40.5 Å². The molecule has 0 atom stereocenters. The number of halogens is 1. The number of hydrogen-bond acceptors (Lipinski definition) is 3. The van der Waals surface area contributed by atoms with Crippen molar-refractivity contribution in [2.24, 2.45) is 0 Å². The maximum atomic E-state index is 12.2. The summed E-state index contributed by atoms with van der Waals surface area (Å²) in [4.78, 5) is 25.5. The lowest BCUT2D eigenvalue weighted by Crippen LogP contribution is -2.25. The second-order valence-corrected chi connectivity index (χ2v) is 6.56. The fourth-order valence-corrected chi connectivity index (χ4v) is 3.25. The number of nitrogens with one attached hydrogen (secondary N) is 2. The van der Waals surface area contributed by atoms with Gasteiger partial charge in [-0.3, -0.25) is 9.59 Å². The lowest BCUT2D eigenvalue weighted by atomic mass is 10.1. The van der Waals surface area contributed by atoms with Gasteiger partial charge in [-0.1, -0.05) is 17.7 Å². The third-order valence-electron chi connectivity index (χ3n) is 4.20. The summed E-state index contributed by atoms with van der Waals surface area (Å²) in [7, 11) is 0. The number of anilines is 3. The molecule has 2 N–H and O–H groups in total. The highest BCUT2D eigenvalue weighted by atomic mass is 35.5. The van der Waals surface area contributed by atoms with Gasteiger partial charge in [-0.2, -0.15) is 0 Å². The Morgan fingerprint density at radius 1 is 1.20 bits per heavy atom. The molecule has 3 rings (SSSR count). The smallest absolute Gasteiger partial charge is 0.243 e. The second kappa shape index (κ2) is 7.15. The molecule has 1 aliphatic rings. The molecule has 0 bridgehead atoms.